The minimum Gasteiger partial charge on any atom is -0.238 e. The molecule has 1 heterocycles. The second kappa shape index (κ2) is 5.93. The predicted molar refractivity (Wildman–Crippen MR) is 88.5 cm³/mol. The number of hydrogen-bond acceptors (Lipinski definition) is 2. The highest BCUT2D eigenvalue weighted by Crippen LogP contribution is 2.15. The van der Waals surface area contributed by atoms with Gasteiger partial charge in [-0.15, -0.1) is 0 Å². The molecule has 5 heteroatoms. The van der Waals surface area contributed by atoms with Gasteiger partial charge < -0.3 is 0 Å². The molecule has 0 saturated carbocycles. The van der Waals surface area contributed by atoms with E-state index in [2.05, 4.69) is 9.50 Å². The molecule has 112 valence electrons. The first-order chi connectivity index (χ1) is 9.77. The Morgan fingerprint density at radius 2 is 1.95 bits per heavy atom. The molecule has 0 spiro atoms. The van der Waals surface area contributed by atoms with Gasteiger partial charge in [0.15, 0.2) is 0 Å². The molecule has 0 radical (unpaired) electrons. The Morgan fingerprint density at radius 3 is 2.52 bits per heavy atom. The van der Waals surface area contributed by atoms with Crippen molar-refractivity contribution >= 4 is 17.2 Å². The molecule has 1 atom stereocenters. The third-order valence-electron chi connectivity index (χ3n) is 2.95. The number of aromatic nitrogens is 2. The van der Waals surface area contributed by atoms with E-state index in [1.807, 2.05) is 69.6 Å². The number of benzene rings is 1. The van der Waals surface area contributed by atoms with E-state index in [4.69, 9.17) is 0 Å². The molecule has 0 bridgehead atoms. The van der Waals surface area contributed by atoms with Gasteiger partial charge in [-0.2, -0.15) is 9.50 Å². The number of hydrogen-bond donors (Lipinski definition) is 0. The van der Waals surface area contributed by atoms with Crippen LogP contribution >= 0.6 is 0 Å². The van der Waals surface area contributed by atoms with Crippen molar-refractivity contribution in [3.05, 3.63) is 47.3 Å². The Kier molecular flexibility index (Phi) is 4.42. The first-order valence-corrected chi connectivity index (χ1v) is 7.98. The zero-order valence-corrected chi connectivity index (χ0v) is 13.9. The summed E-state index contributed by atoms with van der Waals surface area (Å²) < 4.78 is 17.6. The number of aryl methyl sites for hydroxylation is 2. The van der Waals surface area contributed by atoms with Crippen molar-refractivity contribution in [2.45, 2.75) is 39.4 Å². The van der Waals surface area contributed by atoms with Crippen LogP contribution in [0.1, 0.15) is 37.7 Å². The average Bonchev–Trinajstić information content (AvgIpc) is 2.74. The van der Waals surface area contributed by atoms with Gasteiger partial charge in [-0.3, -0.25) is 0 Å². The monoisotopic (exact) mass is 303 g/mol. The van der Waals surface area contributed by atoms with Gasteiger partial charge in [0.1, 0.15) is 11.0 Å². The standard InChI is InChI=1S/C16H21N3OS/c1-12-9-13(2)19(18-12)15-8-6-7-14(10-15)11-17-21(20)16(3,4)5/h6-11H,1-5H3/b17-11+/t21-/m1/s1. The molecule has 0 aliphatic rings. The fourth-order valence-electron chi connectivity index (χ4n) is 1.89. The molecule has 0 aliphatic heterocycles. The molecule has 0 unspecified atom stereocenters. The zero-order valence-electron chi connectivity index (χ0n) is 13.1. The quantitative estimate of drug-likeness (QED) is 0.816. The summed E-state index contributed by atoms with van der Waals surface area (Å²) in [6.07, 6.45) is 1.66. The van der Waals surface area contributed by atoms with Crippen LogP contribution in [0.3, 0.4) is 0 Å². The van der Waals surface area contributed by atoms with Crippen molar-refractivity contribution in [3.63, 3.8) is 0 Å². The summed E-state index contributed by atoms with van der Waals surface area (Å²) in [6.45, 7) is 9.73. The molecule has 2 rings (SSSR count). The summed E-state index contributed by atoms with van der Waals surface area (Å²) in [4.78, 5) is 0. The normalized spacial score (nSPS) is 13.8. The summed E-state index contributed by atoms with van der Waals surface area (Å²) in [6, 6.07) is 9.92. The smallest absolute Gasteiger partial charge is 0.144 e. The van der Waals surface area contributed by atoms with Crippen molar-refractivity contribution in [1.82, 2.24) is 9.78 Å². The predicted octanol–water partition coefficient (Wildman–Crippen LogP) is 3.37. The Balaban J connectivity index is 2.29. The summed E-state index contributed by atoms with van der Waals surface area (Å²) >= 11 is 0. The SMILES string of the molecule is Cc1cc(C)n(-c2cccc(/C=N/[S@](=O)C(C)(C)C)c2)n1. The van der Waals surface area contributed by atoms with Gasteiger partial charge in [0, 0.05) is 11.9 Å². The van der Waals surface area contributed by atoms with Crippen LogP contribution in [0.4, 0.5) is 0 Å². The third-order valence-corrected chi connectivity index (χ3v) is 4.29. The Hall–Kier alpha value is -1.75. The highest BCUT2D eigenvalue weighted by molar-refractivity contribution is 7.85. The van der Waals surface area contributed by atoms with Crippen LogP contribution in [0.5, 0.6) is 0 Å². The van der Waals surface area contributed by atoms with Crippen molar-refractivity contribution in [2.75, 3.05) is 0 Å². The minimum atomic E-state index is -1.24. The van der Waals surface area contributed by atoms with E-state index in [0.717, 1.165) is 22.6 Å². The lowest BCUT2D eigenvalue weighted by Crippen LogP contribution is -2.19. The van der Waals surface area contributed by atoms with Gasteiger partial charge in [0.25, 0.3) is 0 Å². The molecule has 0 fully saturated rings. The molecular weight excluding hydrogens is 282 g/mol. The molecule has 0 N–H and O–H groups in total. The molecule has 0 saturated heterocycles. The summed E-state index contributed by atoms with van der Waals surface area (Å²) in [5, 5.41) is 4.47. The minimum absolute atomic E-state index is 0.343. The second-order valence-electron chi connectivity index (χ2n) is 6.03. The van der Waals surface area contributed by atoms with Crippen LogP contribution in [0.25, 0.3) is 5.69 Å². The van der Waals surface area contributed by atoms with Gasteiger partial charge >= 0.3 is 0 Å². The summed E-state index contributed by atoms with van der Waals surface area (Å²) in [7, 11) is -1.24. The van der Waals surface area contributed by atoms with Crippen LogP contribution in [-0.2, 0) is 11.0 Å². The van der Waals surface area contributed by atoms with Crippen LogP contribution in [0.15, 0.2) is 34.7 Å². The molecule has 0 amide bonds. The Labute approximate surface area is 128 Å². The zero-order chi connectivity index (χ0) is 15.6. The van der Waals surface area contributed by atoms with E-state index < -0.39 is 11.0 Å². The first kappa shape index (κ1) is 15.6. The van der Waals surface area contributed by atoms with Crippen LogP contribution < -0.4 is 0 Å². The molecule has 21 heavy (non-hydrogen) atoms. The van der Waals surface area contributed by atoms with Crippen LogP contribution in [0.2, 0.25) is 0 Å². The Morgan fingerprint density at radius 1 is 1.24 bits per heavy atom. The fourth-order valence-corrected chi connectivity index (χ4v) is 2.43. The number of rotatable bonds is 3. The average molecular weight is 303 g/mol. The van der Waals surface area contributed by atoms with Gasteiger partial charge in [-0.05, 0) is 58.4 Å². The van der Waals surface area contributed by atoms with Gasteiger partial charge in [0.05, 0.1) is 16.1 Å². The largest absolute Gasteiger partial charge is 0.238 e. The second-order valence-corrected chi connectivity index (χ2v) is 7.96. The highest BCUT2D eigenvalue weighted by atomic mass is 32.2. The molecule has 1 aromatic heterocycles. The van der Waals surface area contributed by atoms with E-state index >= 15 is 0 Å². The maximum Gasteiger partial charge on any atom is 0.144 e. The van der Waals surface area contributed by atoms with Gasteiger partial charge in [-0.1, -0.05) is 12.1 Å². The van der Waals surface area contributed by atoms with E-state index in [-0.39, 0.29) is 4.75 Å². The van der Waals surface area contributed by atoms with Crippen molar-refractivity contribution in [1.29, 1.82) is 0 Å². The topological polar surface area (TPSA) is 47.2 Å². The number of nitrogens with zero attached hydrogens (tertiary/aromatic N) is 3. The van der Waals surface area contributed by atoms with Crippen molar-refractivity contribution in [3.8, 4) is 5.69 Å². The molecular formula is C16H21N3OS. The van der Waals surface area contributed by atoms with Crippen molar-refractivity contribution < 1.29 is 4.21 Å². The fraction of sp³-hybridized carbons (Fsp3) is 0.375. The lowest BCUT2D eigenvalue weighted by Gasteiger charge is -2.12. The molecule has 4 nitrogen and oxygen atoms in total. The molecule has 1 aromatic carbocycles. The van der Waals surface area contributed by atoms with Crippen LogP contribution in [0, 0.1) is 13.8 Å². The van der Waals surface area contributed by atoms with E-state index in [0.29, 0.717) is 0 Å². The third kappa shape index (κ3) is 3.88. The van der Waals surface area contributed by atoms with E-state index in [1.165, 1.54) is 0 Å². The maximum atomic E-state index is 11.9. The Bertz CT molecular complexity index is 696. The molecule has 2 aromatic rings. The van der Waals surface area contributed by atoms with Crippen molar-refractivity contribution in [2.24, 2.45) is 4.40 Å². The highest BCUT2D eigenvalue weighted by Gasteiger charge is 2.18. The lowest BCUT2D eigenvalue weighted by molar-refractivity contribution is 0.651. The molecule has 0 aliphatic carbocycles. The van der Waals surface area contributed by atoms with E-state index in [1.54, 1.807) is 6.21 Å². The summed E-state index contributed by atoms with van der Waals surface area (Å²) in [5.74, 6) is 0. The maximum absolute atomic E-state index is 11.9. The van der Waals surface area contributed by atoms with Gasteiger partial charge in [0.2, 0.25) is 0 Å². The summed E-state index contributed by atoms with van der Waals surface area (Å²) in [5.41, 5.74) is 3.96. The lowest BCUT2D eigenvalue weighted by atomic mass is 10.2. The van der Waals surface area contributed by atoms with Crippen LogP contribution in [-0.4, -0.2) is 25.0 Å². The first-order valence-electron chi connectivity index (χ1n) is 6.87. The van der Waals surface area contributed by atoms with Gasteiger partial charge in [-0.25, -0.2) is 8.89 Å². The van der Waals surface area contributed by atoms with E-state index in [9.17, 15) is 4.21 Å².